The average Bonchev–Trinajstić information content (AvgIpc) is 3.23. The zero-order chi connectivity index (χ0) is 21.6. The molecule has 5 nitrogen and oxygen atoms in total. The highest BCUT2D eigenvalue weighted by Crippen LogP contribution is 2.53. The third-order valence-electron chi connectivity index (χ3n) is 8.20. The molecule has 5 rings (SSSR count). The number of benzene rings is 1. The van der Waals surface area contributed by atoms with Gasteiger partial charge in [-0.2, -0.15) is 4.98 Å². The fourth-order valence-corrected chi connectivity index (χ4v) is 6.49. The predicted octanol–water partition coefficient (Wildman–Crippen LogP) is 5.93. The van der Waals surface area contributed by atoms with Crippen LogP contribution in [0.5, 0.6) is 0 Å². The van der Waals surface area contributed by atoms with Crippen molar-refractivity contribution in [2.45, 2.75) is 103 Å². The number of anilines is 1. The number of hydrogen-bond acceptors (Lipinski definition) is 3. The number of amides is 1. The van der Waals surface area contributed by atoms with Crippen molar-refractivity contribution in [1.29, 1.82) is 0 Å². The van der Waals surface area contributed by atoms with Crippen LogP contribution in [0.2, 0.25) is 0 Å². The summed E-state index contributed by atoms with van der Waals surface area (Å²) in [6, 6.07) is 6.76. The lowest BCUT2D eigenvalue weighted by atomic mass is 9.64. The zero-order valence-corrected chi connectivity index (χ0v) is 19.4. The van der Waals surface area contributed by atoms with Crippen LogP contribution in [0, 0.1) is 19.8 Å². The van der Waals surface area contributed by atoms with Gasteiger partial charge in [0.25, 0.3) is 0 Å². The Hall–Kier alpha value is -2.17. The second-order valence-electron chi connectivity index (χ2n) is 10.1. The van der Waals surface area contributed by atoms with Crippen LogP contribution in [0.15, 0.2) is 18.2 Å². The van der Waals surface area contributed by atoms with Crippen molar-refractivity contribution in [3.8, 4) is 11.4 Å². The van der Waals surface area contributed by atoms with Gasteiger partial charge in [0.05, 0.1) is 5.54 Å². The highest BCUT2D eigenvalue weighted by Gasteiger charge is 2.54. The lowest BCUT2D eigenvalue weighted by Gasteiger charge is -2.55. The SMILES string of the molecule is CCCC(=O)N1c2nc(-c3ccc(C)c(C)c3)nn2C2(CCCCC2)[C@@H]2CCCC[C@@H]21. The molecule has 2 aromatic rings. The minimum atomic E-state index is 0.0344. The summed E-state index contributed by atoms with van der Waals surface area (Å²) < 4.78 is 2.23. The summed E-state index contributed by atoms with van der Waals surface area (Å²) in [7, 11) is 0. The van der Waals surface area contributed by atoms with Crippen molar-refractivity contribution >= 4 is 11.9 Å². The molecule has 0 unspecified atom stereocenters. The smallest absolute Gasteiger partial charge is 0.231 e. The molecule has 0 N–H and O–H groups in total. The van der Waals surface area contributed by atoms with Crippen LogP contribution in [0.25, 0.3) is 11.4 Å². The first-order valence-electron chi connectivity index (χ1n) is 12.4. The third kappa shape index (κ3) is 3.32. The lowest BCUT2D eigenvalue weighted by molar-refractivity contribution is -0.121. The Labute approximate surface area is 186 Å². The van der Waals surface area contributed by atoms with E-state index in [-0.39, 0.29) is 17.5 Å². The van der Waals surface area contributed by atoms with Crippen LogP contribution >= 0.6 is 0 Å². The van der Waals surface area contributed by atoms with Crippen molar-refractivity contribution in [3.05, 3.63) is 29.3 Å². The van der Waals surface area contributed by atoms with E-state index in [1.807, 2.05) is 0 Å². The first-order valence-corrected chi connectivity index (χ1v) is 12.4. The molecule has 1 aromatic heterocycles. The maximum absolute atomic E-state index is 13.4. The molecule has 1 amide bonds. The van der Waals surface area contributed by atoms with Gasteiger partial charge in [-0.05, 0) is 63.1 Å². The highest BCUT2D eigenvalue weighted by atomic mass is 16.2. The van der Waals surface area contributed by atoms with E-state index in [9.17, 15) is 4.79 Å². The molecule has 2 heterocycles. The number of carbonyl (C=O) groups is 1. The van der Waals surface area contributed by atoms with Crippen molar-refractivity contribution in [2.24, 2.45) is 5.92 Å². The lowest BCUT2D eigenvalue weighted by Crippen LogP contribution is -2.61. The fourth-order valence-electron chi connectivity index (χ4n) is 6.49. The topological polar surface area (TPSA) is 51.0 Å². The fraction of sp³-hybridized carbons (Fsp3) is 0.654. The molecule has 0 bridgehead atoms. The van der Waals surface area contributed by atoms with E-state index in [1.54, 1.807) is 0 Å². The Morgan fingerprint density at radius 1 is 1.06 bits per heavy atom. The molecule has 2 atom stereocenters. The van der Waals surface area contributed by atoms with Crippen LogP contribution in [-0.4, -0.2) is 26.7 Å². The van der Waals surface area contributed by atoms with Gasteiger partial charge in [0.15, 0.2) is 5.82 Å². The number of hydrogen-bond donors (Lipinski definition) is 0. The van der Waals surface area contributed by atoms with E-state index in [2.05, 4.69) is 48.6 Å². The number of fused-ring (bicyclic) bond motifs is 4. The van der Waals surface area contributed by atoms with Gasteiger partial charge in [-0.3, -0.25) is 9.69 Å². The third-order valence-corrected chi connectivity index (χ3v) is 8.20. The molecule has 3 aliphatic rings. The van der Waals surface area contributed by atoms with Crippen LogP contribution in [0.3, 0.4) is 0 Å². The summed E-state index contributed by atoms with van der Waals surface area (Å²) in [4.78, 5) is 20.5. The van der Waals surface area contributed by atoms with Crippen LogP contribution in [-0.2, 0) is 10.3 Å². The van der Waals surface area contributed by atoms with Gasteiger partial charge >= 0.3 is 0 Å². The Balaban J connectivity index is 1.68. The number of nitrogens with zero attached hydrogens (tertiary/aromatic N) is 4. The number of aromatic nitrogens is 3. The Morgan fingerprint density at radius 3 is 2.58 bits per heavy atom. The summed E-state index contributed by atoms with van der Waals surface area (Å²) in [5.74, 6) is 2.32. The van der Waals surface area contributed by atoms with Crippen LogP contribution in [0.4, 0.5) is 5.95 Å². The van der Waals surface area contributed by atoms with Gasteiger partial charge in [-0.1, -0.05) is 51.2 Å². The van der Waals surface area contributed by atoms with Crippen molar-refractivity contribution in [1.82, 2.24) is 14.8 Å². The number of rotatable bonds is 3. The molecular weight excluding hydrogens is 384 g/mol. The normalized spacial score (nSPS) is 24.7. The largest absolute Gasteiger partial charge is 0.277 e. The summed E-state index contributed by atoms with van der Waals surface area (Å²) in [6.07, 6.45) is 12.4. The van der Waals surface area contributed by atoms with Gasteiger partial charge in [0, 0.05) is 23.9 Å². The molecular formula is C26H36N4O. The summed E-state index contributed by atoms with van der Waals surface area (Å²) in [5.41, 5.74) is 3.63. The molecule has 166 valence electrons. The summed E-state index contributed by atoms with van der Waals surface area (Å²) >= 11 is 0. The van der Waals surface area contributed by atoms with E-state index >= 15 is 0 Å². The van der Waals surface area contributed by atoms with E-state index in [0.717, 1.165) is 30.2 Å². The number of carbonyl (C=O) groups excluding carboxylic acids is 1. The van der Waals surface area contributed by atoms with E-state index in [4.69, 9.17) is 10.1 Å². The second kappa shape index (κ2) is 8.07. The Bertz CT molecular complexity index is 972. The first kappa shape index (κ1) is 20.7. The molecule has 31 heavy (non-hydrogen) atoms. The Morgan fingerprint density at radius 2 is 1.84 bits per heavy atom. The van der Waals surface area contributed by atoms with Crippen molar-refractivity contribution in [2.75, 3.05) is 4.90 Å². The minimum Gasteiger partial charge on any atom is -0.277 e. The predicted molar refractivity (Wildman–Crippen MR) is 124 cm³/mol. The molecule has 0 saturated heterocycles. The molecule has 2 fully saturated rings. The molecule has 2 saturated carbocycles. The highest BCUT2D eigenvalue weighted by molar-refractivity contribution is 5.93. The van der Waals surface area contributed by atoms with Crippen molar-refractivity contribution < 1.29 is 4.79 Å². The molecule has 1 aromatic carbocycles. The maximum atomic E-state index is 13.4. The quantitative estimate of drug-likeness (QED) is 0.619. The minimum absolute atomic E-state index is 0.0344. The molecule has 0 radical (unpaired) electrons. The van der Waals surface area contributed by atoms with E-state index < -0.39 is 0 Å². The second-order valence-corrected chi connectivity index (χ2v) is 10.1. The maximum Gasteiger partial charge on any atom is 0.231 e. The van der Waals surface area contributed by atoms with Gasteiger partial charge < -0.3 is 0 Å². The van der Waals surface area contributed by atoms with Crippen molar-refractivity contribution in [3.63, 3.8) is 0 Å². The summed E-state index contributed by atoms with van der Waals surface area (Å²) in [6.45, 7) is 6.37. The van der Waals surface area contributed by atoms with E-state index in [1.165, 1.54) is 62.5 Å². The average molecular weight is 421 g/mol. The standard InChI is InChI=1S/C26H36N4O/c1-4-10-23(31)29-22-12-7-6-11-21(22)26(15-8-5-9-16-26)30-25(29)27-24(28-30)20-14-13-18(2)19(3)17-20/h13-14,17,21-22H,4-12,15-16H2,1-3H3/t21-,22+/m1/s1. The zero-order valence-electron chi connectivity index (χ0n) is 19.4. The Kier molecular flexibility index (Phi) is 5.39. The van der Waals surface area contributed by atoms with Gasteiger partial charge in [0.2, 0.25) is 11.9 Å². The number of aryl methyl sites for hydroxylation is 2. The van der Waals surface area contributed by atoms with Gasteiger partial charge in [-0.15, -0.1) is 5.10 Å². The van der Waals surface area contributed by atoms with Crippen LogP contribution < -0.4 is 4.90 Å². The van der Waals surface area contributed by atoms with Gasteiger partial charge in [-0.25, -0.2) is 4.68 Å². The monoisotopic (exact) mass is 420 g/mol. The molecule has 2 aliphatic carbocycles. The van der Waals surface area contributed by atoms with E-state index in [0.29, 0.717) is 12.3 Å². The molecule has 1 spiro atoms. The van der Waals surface area contributed by atoms with Crippen LogP contribution in [0.1, 0.15) is 88.7 Å². The van der Waals surface area contributed by atoms with Gasteiger partial charge in [0.1, 0.15) is 0 Å². The molecule has 1 aliphatic heterocycles. The summed E-state index contributed by atoms with van der Waals surface area (Å²) in [5, 5.41) is 5.16. The molecule has 5 heteroatoms. The first-order chi connectivity index (χ1) is 15.0.